The van der Waals surface area contributed by atoms with E-state index < -0.39 is 6.10 Å². The third-order valence-corrected chi connectivity index (χ3v) is 5.09. The number of carbonyl (C=O) groups excluding carboxylic acids is 1. The zero-order valence-corrected chi connectivity index (χ0v) is 17.3. The van der Waals surface area contributed by atoms with Gasteiger partial charge in [0.25, 0.3) is 0 Å². The first kappa shape index (κ1) is 20.7. The minimum absolute atomic E-state index is 0.0330. The molecule has 2 aromatic heterocycles. The lowest BCUT2D eigenvalue weighted by Gasteiger charge is -2.07. The fourth-order valence-electron chi connectivity index (χ4n) is 3.29. The van der Waals surface area contributed by atoms with Crippen LogP contribution in [-0.2, 0) is 16.1 Å². The van der Waals surface area contributed by atoms with E-state index in [-0.39, 0.29) is 17.8 Å². The third-order valence-electron chi connectivity index (χ3n) is 5.09. The van der Waals surface area contributed by atoms with E-state index in [4.69, 9.17) is 14.0 Å². The molecule has 0 aliphatic heterocycles. The zero-order valence-electron chi connectivity index (χ0n) is 17.3. The minimum atomic E-state index is -0.660. The molecule has 0 spiro atoms. The largest absolute Gasteiger partial charge is 0.493 e. The van der Waals surface area contributed by atoms with Gasteiger partial charge >= 0.3 is 5.97 Å². The Morgan fingerprint density at radius 3 is 2.90 bits per heavy atom. The number of methoxy groups -OCH3 is 1. The van der Waals surface area contributed by atoms with Crippen molar-refractivity contribution in [3.05, 3.63) is 65.6 Å². The third kappa shape index (κ3) is 5.13. The van der Waals surface area contributed by atoms with Crippen molar-refractivity contribution < 1.29 is 23.9 Å². The fraction of sp³-hybridized carbons (Fsp3) is 0.348. The van der Waals surface area contributed by atoms with Crippen molar-refractivity contribution in [1.82, 2.24) is 14.7 Å². The van der Waals surface area contributed by atoms with Crippen LogP contribution >= 0.6 is 0 Å². The van der Waals surface area contributed by atoms with Crippen LogP contribution in [0, 0.1) is 23.7 Å². The highest BCUT2D eigenvalue weighted by Crippen LogP contribution is 2.39. The lowest BCUT2D eigenvalue weighted by molar-refractivity contribution is -0.142. The summed E-state index contributed by atoms with van der Waals surface area (Å²) in [5.74, 6) is 7.78. The molecule has 1 aromatic carbocycles. The smallest absolute Gasteiger partial charge is 0.309 e. The van der Waals surface area contributed by atoms with Crippen LogP contribution in [0.15, 0.2) is 47.2 Å². The predicted octanol–water partition coefficient (Wildman–Crippen LogP) is 2.56. The Balaban J connectivity index is 1.31. The van der Waals surface area contributed by atoms with Gasteiger partial charge in [0, 0.05) is 29.9 Å². The van der Waals surface area contributed by atoms with E-state index in [9.17, 15) is 9.90 Å². The molecule has 0 saturated heterocycles. The molecule has 0 bridgehead atoms. The summed E-state index contributed by atoms with van der Waals surface area (Å²) in [6.45, 7) is 2.61. The summed E-state index contributed by atoms with van der Waals surface area (Å²) < 4.78 is 17.6. The second-order valence-corrected chi connectivity index (χ2v) is 7.48. The lowest BCUT2D eigenvalue weighted by atomic mass is 10.2. The highest BCUT2D eigenvalue weighted by atomic mass is 16.5. The maximum Gasteiger partial charge on any atom is 0.309 e. The van der Waals surface area contributed by atoms with Gasteiger partial charge < -0.3 is 23.7 Å². The van der Waals surface area contributed by atoms with E-state index in [1.54, 1.807) is 25.4 Å². The quantitative estimate of drug-likeness (QED) is 0.462. The van der Waals surface area contributed by atoms with Gasteiger partial charge in [-0.25, -0.2) is 4.98 Å². The highest BCUT2D eigenvalue weighted by molar-refractivity contribution is 5.75. The Morgan fingerprint density at radius 2 is 2.16 bits per heavy atom. The summed E-state index contributed by atoms with van der Waals surface area (Å²) in [5, 5.41) is 13.8. The van der Waals surface area contributed by atoms with Gasteiger partial charge in [0.1, 0.15) is 23.4 Å². The number of hydrogen-bond acceptors (Lipinski definition) is 7. The van der Waals surface area contributed by atoms with Gasteiger partial charge in [-0.3, -0.25) is 4.79 Å². The Labute approximate surface area is 179 Å². The van der Waals surface area contributed by atoms with Gasteiger partial charge in [-0.1, -0.05) is 11.1 Å². The van der Waals surface area contributed by atoms with E-state index in [1.165, 1.54) is 7.11 Å². The molecule has 31 heavy (non-hydrogen) atoms. The number of aliphatic hydroxyl groups excluding tert-OH is 1. The number of benzene rings is 1. The van der Waals surface area contributed by atoms with Crippen LogP contribution in [-0.4, -0.2) is 39.5 Å². The molecule has 1 saturated carbocycles. The molecule has 160 valence electrons. The van der Waals surface area contributed by atoms with E-state index in [0.717, 1.165) is 17.7 Å². The topological polar surface area (TPSA) is 99.6 Å². The molecule has 2 unspecified atom stereocenters. The molecule has 0 radical (unpaired) electrons. The van der Waals surface area contributed by atoms with E-state index >= 15 is 0 Å². The Kier molecular flexibility index (Phi) is 6.05. The number of imidazole rings is 1. The number of aromatic nitrogens is 3. The van der Waals surface area contributed by atoms with Gasteiger partial charge in [0.2, 0.25) is 5.76 Å². The van der Waals surface area contributed by atoms with Crippen LogP contribution in [0.4, 0.5) is 0 Å². The highest BCUT2D eigenvalue weighted by Gasteiger charge is 2.44. The summed E-state index contributed by atoms with van der Waals surface area (Å²) in [7, 11) is 1.41. The summed E-state index contributed by atoms with van der Waals surface area (Å²) >= 11 is 0. The second-order valence-electron chi connectivity index (χ2n) is 7.48. The van der Waals surface area contributed by atoms with Gasteiger partial charge in [0.15, 0.2) is 0 Å². The van der Waals surface area contributed by atoms with Gasteiger partial charge in [0.05, 0.1) is 26.2 Å². The minimum Gasteiger partial charge on any atom is -0.493 e. The molecule has 8 nitrogen and oxygen atoms in total. The van der Waals surface area contributed by atoms with Crippen molar-refractivity contribution in [2.24, 2.45) is 11.8 Å². The number of aliphatic hydroxyl groups is 1. The molecule has 0 amide bonds. The molecule has 1 aliphatic rings. The number of rotatable bonds is 7. The van der Waals surface area contributed by atoms with Gasteiger partial charge in [-0.05, 0) is 43.5 Å². The SMILES string of the molecule is COC(=O)C1CC1COc1ccc(C#Cc2cc(Cn3ccnc3[C@H](C)O)no2)cc1. The lowest BCUT2D eigenvalue weighted by Crippen LogP contribution is -2.08. The molecule has 4 rings (SSSR count). The number of hydrogen-bond donors (Lipinski definition) is 1. The second kappa shape index (κ2) is 9.06. The average molecular weight is 421 g/mol. The van der Waals surface area contributed by atoms with Crippen molar-refractivity contribution in [3.8, 4) is 17.6 Å². The summed E-state index contributed by atoms with van der Waals surface area (Å²) in [4.78, 5) is 15.6. The first-order valence-corrected chi connectivity index (χ1v) is 10.0. The van der Waals surface area contributed by atoms with E-state index in [2.05, 4.69) is 22.0 Å². The van der Waals surface area contributed by atoms with Crippen LogP contribution in [0.3, 0.4) is 0 Å². The van der Waals surface area contributed by atoms with Crippen LogP contribution in [0.25, 0.3) is 0 Å². The summed E-state index contributed by atoms with van der Waals surface area (Å²) in [6.07, 6.45) is 3.58. The first-order valence-electron chi connectivity index (χ1n) is 10.0. The van der Waals surface area contributed by atoms with E-state index in [1.807, 2.05) is 28.8 Å². The van der Waals surface area contributed by atoms with Gasteiger partial charge in [-0.2, -0.15) is 0 Å². The zero-order chi connectivity index (χ0) is 21.8. The molecule has 8 heteroatoms. The Bertz CT molecular complexity index is 1100. The van der Waals surface area contributed by atoms with Crippen LogP contribution in [0.2, 0.25) is 0 Å². The number of carbonyl (C=O) groups is 1. The number of esters is 1. The standard InChI is InChI=1S/C23H23N3O5/c1-15(27)22-24-9-10-26(22)13-18-12-20(31-25-18)8-5-16-3-6-19(7-4-16)30-14-17-11-21(17)23(28)29-2/h3-4,6-7,9-10,12,15,17,21,27H,11,13-14H2,1-2H3/t15-,17?,21?/m0/s1. The molecule has 3 atom stereocenters. The molecule has 2 heterocycles. The molecule has 1 aliphatic carbocycles. The maximum absolute atomic E-state index is 11.4. The molecular weight excluding hydrogens is 398 g/mol. The van der Waals surface area contributed by atoms with Crippen LogP contribution in [0.1, 0.15) is 42.3 Å². The Hall–Kier alpha value is -3.57. The number of ether oxygens (including phenoxy) is 2. The first-order chi connectivity index (χ1) is 15.0. The van der Waals surface area contributed by atoms with Crippen molar-refractivity contribution in [2.45, 2.75) is 26.0 Å². The van der Waals surface area contributed by atoms with Crippen molar-refractivity contribution in [1.29, 1.82) is 0 Å². The maximum atomic E-state index is 11.4. The van der Waals surface area contributed by atoms with Crippen molar-refractivity contribution in [3.63, 3.8) is 0 Å². The summed E-state index contributed by atoms with van der Waals surface area (Å²) in [6, 6.07) is 9.20. The van der Waals surface area contributed by atoms with Crippen molar-refractivity contribution >= 4 is 5.97 Å². The predicted molar refractivity (Wildman–Crippen MR) is 110 cm³/mol. The van der Waals surface area contributed by atoms with Gasteiger partial charge in [-0.15, -0.1) is 0 Å². The average Bonchev–Trinajstić information content (AvgIpc) is 3.16. The van der Waals surface area contributed by atoms with E-state index in [0.29, 0.717) is 30.4 Å². The fourth-order valence-corrected chi connectivity index (χ4v) is 3.29. The number of nitrogens with zero attached hydrogens (tertiary/aromatic N) is 3. The molecule has 1 fully saturated rings. The normalized spacial score (nSPS) is 18.0. The summed E-state index contributed by atoms with van der Waals surface area (Å²) in [5.41, 5.74) is 1.51. The molecular formula is C23H23N3O5. The van der Waals surface area contributed by atoms with Crippen molar-refractivity contribution in [2.75, 3.05) is 13.7 Å². The monoisotopic (exact) mass is 421 g/mol. The molecule has 3 aromatic rings. The Morgan fingerprint density at radius 1 is 1.35 bits per heavy atom. The molecule has 1 N–H and O–H groups in total. The van der Waals surface area contributed by atoms with Crippen LogP contribution in [0.5, 0.6) is 5.75 Å². The van der Waals surface area contributed by atoms with Crippen LogP contribution < -0.4 is 4.74 Å².